The number of rotatable bonds is 5. The molecule has 0 spiro atoms. The van der Waals surface area contributed by atoms with E-state index in [0.717, 1.165) is 28.8 Å². The summed E-state index contributed by atoms with van der Waals surface area (Å²) in [4.78, 5) is 17.4. The molecule has 0 saturated carbocycles. The molecule has 36 heavy (non-hydrogen) atoms. The van der Waals surface area contributed by atoms with Crippen molar-refractivity contribution in [2.24, 2.45) is 0 Å². The van der Waals surface area contributed by atoms with Crippen LogP contribution in [0, 0.1) is 0 Å². The van der Waals surface area contributed by atoms with Crippen LogP contribution in [-0.4, -0.2) is 57.8 Å². The van der Waals surface area contributed by atoms with E-state index in [1.807, 2.05) is 49.4 Å². The van der Waals surface area contributed by atoms with Crippen LogP contribution in [0.2, 0.25) is 0 Å². The summed E-state index contributed by atoms with van der Waals surface area (Å²) in [7, 11) is 0. The number of amides is 1. The first kappa shape index (κ1) is 24.4. The average Bonchev–Trinajstić information content (AvgIpc) is 3.32. The van der Waals surface area contributed by atoms with E-state index in [9.17, 15) is 18.0 Å². The fourth-order valence-corrected chi connectivity index (χ4v) is 5.04. The molecule has 1 saturated heterocycles. The van der Waals surface area contributed by atoms with Crippen molar-refractivity contribution >= 4 is 11.7 Å². The lowest BCUT2D eigenvalue weighted by Crippen LogP contribution is -2.48. The van der Waals surface area contributed by atoms with Crippen molar-refractivity contribution in [3.8, 4) is 0 Å². The smallest absolute Gasteiger partial charge is 0.363 e. The number of aromatic nitrogens is 2. The predicted octanol–water partition coefficient (Wildman–Crippen LogP) is 5.06. The fourth-order valence-electron chi connectivity index (χ4n) is 5.04. The van der Waals surface area contributed by atoms with E-state index in [-0.39, 0.29) is 23.7 Å². The van der Waals surface area contributed by atoms with Crippen LogP contribution in [-0.2, 0) is 13.0 Å². The van der Waals surface area contributed by atoms with Gasteiger partial charge in [0.25, 0.3) is 5.91 Å². The molecular weight excluding hydrogens is 467 g/mol. The maximum atomic E-state index is 14.0. The second-order valence-electron chi connectivity index (χ2n) is 9.49. The van der Waals surface area contributed by atoms with Gasteiger partial charge in [-0.25, -0.2) is 4.68 Å². The van der Waals surface area contributed by atoms with Crippen LogP contribution in [0.4, 0.5) is 19.0 Å². The van der Waals surface area contributed by atoms with Crippen molar-refractivity contribution in [1.82, 2.24) is 19.6 Å². The molecule has 0 bridgehead atoms. The number of aryl methyl sites for hydroxylation is 1. The van der Waals surface area contributed by atoms with Gasteiger partial charge >= 0.3 is 6.18 Å². The first-order valence-electron chi connectivity index (χ1n) is 12.4. The number of benzene rings is 2. The summed E-state index contributed by atoms with van der Waals surface area (Å²) < 4.78 is 43.0. The zero-order valence-corrected chi connectivity index (χ0v) is 20.2. The monoisotopic (exact) mass is 497 g/mol. The maximum absolute atomic E-state index is 14.0. The SMILES string of the molecule is CCc1ccc([C@@H]2C[C@@H](C(F)(F)F)n3ncc(C(=O)N4CCN(Cc5ccccc5)CC4)c3N2)cc1. The average molecular weight is 498 g/mol. The number of hydrogen-bond acceptors (Lipinski definition) is 4. The Morgan fingerprint density at radius 3 is 2.33 bits per heavy atom. The molecule has 2 atom stereocenters. The lowest BCUT2D eigenvalue weighted by atomic mass is 9.95. The highest BCUT2D eigenvalue weighted by Crippen LogP contribution is 2.44. The van der Waals surface area contributed by atoms with Crippen molar-refractivity contribution in [3.63, 3.8) is 0 Å². The van der Waals surface area contributed by atoms with Gasteiger partial charge < -0.3 is 10.2 Å². The van der Waals surface area contributed by atoms with Crippen molar-refractivity contribution in [1.29, 1.82) is 0 Å². The summed E-state index contributed by atoms with van der Waals surface area (Å²) in [6, 6.07) is 15.4. The number of halogens is 3. The van der Waals surface area contributed by atoms with Crippen LogP contribution >= 0.6 is 0 Å². The first-order chi connectivity index (χ1) is 17.3. The zero-order valence-electron chi connectivity index (χ0n) is 20.2. The molecule has 0 radical (unpaired) electrons. The molecule has 5 rings (SSSR count). The Morgan fingerprint density at radius 2 is 1.69 bits per heavy atom. The lowest BCUT2D eigenvalue weighted by Gasteiger charge is -2.36. The van der Waals surface area contributed by atoms with Gasteiger partial charge in [0.05, 0.1) is 12.2 Å². The number of fused-ring (bicyclic) bond motifs is 1. The summed E-state index contributed by atoms with van der Waals surface area (Å²) in [6.07, 6.45) is -2.53. The van der Waals surface area contributed by atoms with Gasteiger partial charge in [-0.2, -0.15) is 18.3 Å². The normalized spacial score (nSPS) is 20.6. The van der Waals surface area contributed by atoms with E-state index in [1.54, 1.807) is 4.90 Å². The highest BCUT2D eigenvalue weighted by Gasteiger charge is 2.47. The summed E-state index contributed by atoms with van der Waals surface area (Å²) in [5.74, 6) is -0.143. The molecule has 1 N–H and O–H groups in total. The van der Waals surface area contributed by atoms with E-state index >= 15 is 0 Å². The van der Waals surface area contributed by atoms with Crippen molar-refractivity contribution in [2.45, 2.75) is 44.6 Å². The topological polar surface area (TPSA) is 53.4 Å². The minimum atomic E-state index is -4.48. The van der Waals surface area contributed by atoms with E-state index < -0.39 is 18.3 Å². The number of carbonyl (C=O) groups is 1. The standard InChI is InChI=1S/C27H30F3N5O/c1-2-19-8-10-21(11-9-19)23-16-24(27(28,29)30)35-25(32-23)22(17-31-35)26(36)34-14-12-33(13-15-34)18-20-6-4-3-5-7-20/h3-11,17,23-24,32H,2,12-16,18H2,1H3/t23-,24-/m0/s1. The van der Waals surface area contributed by atoms with Crippen LogP contribution in [0.15, 0.2) is 60.8 Å². The van der Waals surface area contributed by atoms with E-state index in [2.05, 4.69) is 27.4 Å². The molecule has 6 nitrogen and oxygen atoms in total. The van der Waals surface area contributed by atoms with Crippen molar-refractivity contribution in [3.05, 3.63) is 83.0 Å². The van der Waals surface area contributed by atoms with E-state index in [1.165, 1.54) is 11.8 Å². The highest BCUT2D eigenvalue weighted by molar-refractivity contribution is 5.99. The lowest BCUT2D eigenvalue weighted by molar-refractivity contribution is -0.173. The van der Waals surface area contributed by atoms with Crippen LogP contribution in [0.5, 0.6) is 0 Å². The van der Waals surface area contributed by atoms with Gasteiger partial charge in [0.1, 0.15) is 11.4 Å². The molecule has 1 aromatic heterocycles. The third-order valence-electron chi connectivity index (χ3n) is 7.17. The van der Waals surface area contributed by atoms with Crippen LogP contribution in [0.1, 0.15) is 52.5 Å². The predicted molar refractivity (Wildman–Crippen MR) is 132 cm³/mol. The Kier molecular flexibility index (Phi) is 6.75. The number of nitrogens with one attached hydrogen (secondary N) is 1. The molecule has 190 valence electrons. The Morgan fingerprint density at radius 1 is 1.00 bits per heavy atom. The van der Waals surface area contributed by atoms with Crippen LogP contribution < -0.4 is 5.32 Å². The highest BCUT2D eigenvalue weighted by atomic mass is 19.4. The third-order valence-corrected chi connectivity index (χ3v) is 7.17. The Bertz CT molecular complexity index is 1180. The largest absolute Gasteiger partial charge is 0.410 e. The number of carbonyl (C=O) groups excluding carboxylic acids is 1. The summed E-state index contributed by atoms with van der Waals surface area (Å²) >= 11 is 0. The molecule has 9 heteroatoms. The van der Waals surface area contributed by atoms with E-state index in [4.69, 9.17) is 0 Å². The molecule has 0 unspecified atom stereocenters. The number of piperazine rings is 1. The molecule has 1 amide bonds. The minimum absolute atomic E-state index is 0.143. The Hall–Kier alpha value is -3.33. The van der Waals surface area contributed by atoms with Crippen LogP contribution in [0.25, 0.3) is 0 Å². The number of nitrogens with zero attached hydrogens (tertiary/aromatic N) is 4. The van der Waals surface area contributed by atoms with Crippen molar-refractivity contribution in [2.75, 3.05) is 31.5 Å². The van der Waals surface area contributed by atoms with Gasteiger partial charge in [0.15, 0.2) is 6.04 Å². The van der Waals surface area contributed by atoms with Gasteiger partial charge in [-0.15, -0.1) is 0 Å². The quantitative estimate of drug-likeness (QED) is 0.535. The Labute approximate surface area is 208 Å². The fraction of sp³-hybridized carbons (Fsp3) is 0.407. The van der Waals surface area contributed by atoms with Crippen LogP contribution in [0.3, 0.4) is 0 Å². The van der Waals surface area contributed by atoms with Gasteiger partial charge in [-0.3, -0.25) is 9.69 Å². The molecular formula is C27H30F3N5O. The zero-order chi connectivity index (χ0) is 25.3. The second-order valence-corrected chi connectivity index (χ2v) is 9.49. The molecule has 2 aromatic carbocycles. The van der Waals surface area contributed by atoms with E-state index in [0.29, 0.717) is 26.2 Å². The third kappa shape index (κ3) is 4.97. The van der Waals surface area contributed by atoms with Gasteiger partial charge in [0, 0.05) is 39.1 Å². The molecule has 3 heterocycles. The molecule has 2 aliphatic heterocycles. The maximum Gasteiger partial charge on any atom is 0.410 e. The number of anilines is 1. The number of alkyl halides is 3. The summed E-state index contributed by atoms with van der Waals surface area (Å²) in [5, 5.41) is 7.23. The summed E-state index contributed by atoms with van der Waals surface area (Å²) in [6.45, 7) is 5.27. The molecule has 0 aliphatic carbocycles. The minimum Gasteiger partial charge on any atom is -0.363 e. The first-order valence-corrected chi connectivity index (χ1v) is 12.4. The molecule has 2 aliphatic rings. The number of hydrogen-bond donors (Lipinski definition) is 1. The van der Waals surface area contributed by atoms with Gasteiger partial charge in [-0.05, 0) is 23.1 Å². The Balaban J connectivity index is 1.34. The van der Waals surface area contributed by atoms with Crippen molar-refractivity contribution < 1.29 is 18.0 Å². The molecule has 1 fully saturated rings. The second kappa shape index (κ2) is 9.97. The summed E-state index contributed by atoms with van der Waals surface area (Å²) in [5.41, 5.74) is 3.29. The van der Waals surface area contributed by atoms with Gasteiger partial charge in [0.2, 0.25) is 0 Å². The van der Waals surface area contributed by atoms with Gasteiger partial charge in [-0.1, -0.05) is 61.5 Å². The molecule has 3 aromatic rings.